The predicted octanol–water partition coefficient (Wildman–Crippen LogP) is 4.26. The highest BCUT2D eigenvalue weighted by Gasteiger charge is 2.33. The van der Waals surface area contributed by atoms with Gasteiger partial charge in [0, 0.05) is 37.7 Å². The van der Waals surface area contributed by atoms with Gasteiger partial charge in [-0.25, -0.2) is 4.98 Å². The van der Waals surface area contributed by atoms with Crippen molar-refractivity contribution in [1.82, 2.24) is 10.3 Å². The number of amides is 1. The molecule has 5 nitrogen and oxygen atoms in total. The van der Waals surface area contributed by atoms with Crippen molar-refractivity contribution in [2.24, 2.45) is 0 Å². The molecule has 140 valence electrons. The second-order valence-electron chi connectivity index (χ2n) is 5.35. The molecule has 0 aliphatic heterocycles. The highest BCUT2D eigenvalue weighted by Crippen LogP contribution is 2.36. The van der Waals surface area contributed by atoms with Crippen LogP contribution in [-0.4, -0.2) is 31.2 Å². The fraction of sp³-hybridized carbons (Fsp3) is 0.294. The van der Waals surface area contributed by atoms with E-state index in [2.05, 4.69) is 15.6 Å². The van der Waals surface area contributed by atoms with Crippen molar-refractivity contribution in [3.05, 3.63) is 52.7 Å². The molecule has 26 heavy (non-hydrogen) atoms. The van der Waals surface area contributed by atoms with E-state index >= 15 is 0 Å². The SMILES string of the molecule is COCCCNC(=O)c1ccnc(Nc2ccc(Cl)c(C(F)(F)F)c2)c1. The lowest BCUT2D eigenvalue weighted by Gasteiger charge is -2.12. The monoisotopic (exact) mass is 387 g/mol. The average molecular weight is 388 g/mol. The zero-order valence-electron chi connectivity index (χ0n) is 13.9. The van der Waals surface area contributed by atoms with E-state index in [-0.39, 0.29) is 22.4 Å². The summed E-state index contributed by atoms with van der Waals surface area (Å²) in [5, 5.41) is 5.08. The zero-order chi connectivity index (χ0) is 19.2. The van der Waals surface area contributed by atoms with Gasteiger partial charge in [0.05, 0.1) is 10.6 Å². The molecule has 2 N–H and O–H groups in total. The summed E-state index contributed by atoms with van der Waals surface area (Å²) in [4.78, 5) is 16.1. The van der Waals surface area contributed by atoms with E-state index in [1.165, 1.54) is 24.4 Å². The van der Waals surface area contributed by atoms with Crippen molar-refractivity contribution < 1.29 is 22.7 Å². The van der Waals surface area contributed by atoms with Crippen LogP contribution in [0.4, 0.5) is 24.7 Å². The molecule has 0 atom stereocenters. The van der Waals surface area contributed by atoms with Crippen molar-refractivity contribution in [2.45, 2.75) is 12.6 Å². The molecule has 1 amide bonds. The number of rotatable bonds is 7. The summed E-state index contributed by atoms with van der Waals surface area (Å²) >= 11 is 5.60. The molecule has 0 aliphatic rings. The Balaban J connectivity index is 2.10. The Labute approximate surface area is 153 Å². The summed E-state index contributed by atoms with van der Waals surface area (Å²) in [7, 11) is 1.57. The summed E-state index contributed by atoms with van der Waals surface area (Å²) < 4.78 is 43.7. The predicted molar refractivity (Wildman–Crippen MR) is 92.8 cm³/mol. The fourth-order valence-corrected chi connectivity index (χ4v) is 2.35. The summed E-state index contributed by atoms with van der Waals surface area (Å²) in [5.74, 6) is -0.0661. The summed E-state index contributed by atoms with van der Waals surface area (Å²) in [5.41, 5.74) is -0.451. The van der Waals surface area contributed by atoms with Crippen LogP contribution in [0.25, 0.3) is 0 Å². The van der Waals surface area contributed by atoms with Crippen LogP contribution in [0.3, 0.4) is 0 Å². The van der Waals surface area contributed by atoms with Gasteiger partial charge in [0.15, 0.2) is 0 Å². The Morgan fingerprint density at radius 3 is 2.73 bits per heavy atom. The lowest BCUT2D eigenvalue weighted by atomic mass is 10.2. The van der Waals surface area contributed by atoms with E-state index in [9.17, 15) is 18.0 Å². The topological polar surface area (TPSA) is 63.2 Å². The maximum atomic E-state index is 12.9. The normalized spacial score (nSPS) is 11.3. The second-order valence-corrected chi connectivity index (χ2v) is 5.76. The van der Waals surface area contributed by atoms with E-state index in [0.29, 0.717) is 25.1 Å². The van der Waals surface area contributed by atoms with Gasteiger partial charge in [0.25, 0.3) is 5.91 Å². The molecule has 0 radical (unpaired) electrons. The maximum absolute atomic E-state index is 12.9. The molecule has 0 aliphatic carbocycles. The third-order valence-corrected chi connectivity index (χ3v) is 3.71. The average Bonchev–Trinajstić information content (AvgIpc) is 2.59. The van der Waals surface area contributed by atoms with Crippen molar-refractivity contribution >= 4 is 29.0 Å². The van der Waals surface area contributed by atoms with E-state index in [1.807, 2.05) is 0 Å². The van der Waals surface area contributed by atoms with Crippen LogP contribution in [0, 0.1) is 0 Å². The number of nitrogens with one attached hydrogen (secondary N) is 2. The van der Waals surface area contributed by atoms with E-state index in [1.54, 1.807) is 7.11 Å². The van der Waals surface area contributed by atoms with Gasteiger partial charge in [-0.15, -0.1) is 0 Å². The quantitative estimate of drug-likeness (QED) is 0.697. The van der Waals surface area contributed by atoms with Crippen LogP contribution in [0.5, 0.6) is 0 Å². The maximum Gasteiger partial charge on any atom is 0.417 e. The minimum Gasteiger partial charge on any atom is -0.385 e. The molecule has 9 heteroatoms. The number of alkyl halides is 3. The van der Waals surface area contributed by atoms with Gasteiger partial charge in [-0.3, -0.25) is 4.79 Å². The first-order valence-corrected chi connectivity index (χ1v) is 8.06. The minimum absolute atomic E-state index is 0.159. The molecule has 1 aromatic carbocycles. The number of nitrogens with zero attached hydrogens (tertiary/aromatic N) is 1. The summed E-state index contributed by atoms with van der Waals surface area (Å²) in [6.07, 6.45) is -2.50. The fourth-order valence-electron chi connectivity index (χ4n) is 2.13. The third-order valence-electron chi connectivity index (χ3n) is 3.38. The van der Waals surface area contributed by atoms with Crippen LogP contribution in [0.2, 0.25) is 5.02 Å². The Bertz CT molecular complexity index is 769. The first kappa shape index (κ1) is 20.0. The van der Waals surface area contributed by atoms with Gasteiger partial charge in [0.1, 0.15) is 5.82 Å². The number of hydrogen-bond donors (Lipinski definition) is 2. The summed E-state index contributed by atoms with van der Waals surface area (Å²) in [6, 6.07) is 6.41. The number of hydrogen-bond acceptors (Lipinski definition) is 4. The number of ether oxygens (including phenoxy) is 1. The van der Waals surface area contributed by atoms with Crippen molar-refractivity contribution in [3.63, 3.8) is 0 Å². The lowest BCUT2D eigenvalue weighted by Crippen LogP contribution is -2.25. The molecule has 0 spiro atoms. The van der Waals surface area contributed by atoms with Gasteiger partial charge in [-0.05, 0) is 36.8 Å². The molecule has 0 saturated heterocycles. The molecule has 0 fully saturated rings. The molecule has 0 bridgehead atoms. The van der Waals surface area contributed by atoms with Crippen LogP contribution in [0.15, 0.2) is 36.5 Å². The van der Waals surface area contributed by atoms with Gasteiger partial charge in [0.2, 0.25) is 0 Å². The van der Waals surface area contributed by atoms with Crippen LogP contribution >= 0.6 is 11.6 Å². The number of halogens is 4. The van der Waals surface area contributed by atoms with Crippen molar-refractivity contribution in [1.29, 1.82) is 0 Å². The summed E-state index contributed by atoms with van der Waals surface area (Å²) in [6.45, 7) is 0.978. The van der Waals surface area contributed by atoms with Gasteiger partial charge >= 0.3 is 6.18 Å². The molecule has 0 saturated carbocycles. The number of carbonyl (C=O) groups excluding carboxylic acids is 1. The van der Waals surface area contributed by atoms with Crippen molar-refractivity contribution in [2.75, 3.05) is 25.6 Å². The van der Waals surface area contributed by atoms with E-state index < -0.39 is 11.7 Å². The van der Waals surface area contributed by atoms with E-state index in [0.717, 1.165) is 12.1 Å². The van der Waals surface area contributed by atoms with Gasteiger partial charge in [-0.2, -0.15) is 13.2 Å². The van der Waals surface area contributed by atoms with Crippen molar-refractivity contribution in [3.8, 4) is 0 Å². The number of aromatic nitrogens is 1. The molecule has 1 heterocycles. The lowest BCUT2D eigenvalue weighted by molar-refractivity contribution is -0.137. The number of benzene rings is 1. The minimum atomic E-state index is -4.56. The van der Waals surface area contributed by atoms with E-state index in [4.69, 9.17) is 16.3 Å². The largest absolute Gasteiger partial charge is 0.417 e. The number of carbonyl (C=O) groups is 1. The van der Waals surface area contributed by atoms with Crippen LogP contribution < -0.4 is 10.6 Å². The first-order valence-electron chi connectivity index (χ1n) is 7.68. The molecule has 2 aromatic rings. The number of methoxy groups -OCH3 is 1. The van der Waals surface area contributed by atoms with Crippen LogP contribution in [-0.2, 0) is 10.9 Å². The zero-order valence-corrected chi connectivity index (χ0v) is 14.6. The molecular weight excluding hydrogens is 371 g/mol. The highest BCUT2D eigenvalue weighted by molar-refractivity contribution is 6.31. The first-order chi connectivity index (χ1) is 12.3. The Kier molecular flexibility index (Phi) is 6.82. The van der Waals surface area contributed by atoms with Gasteiger partial charge < -0.3 is 15.4 Å². The smallest absolute Gasteiger partial charge is 0.385 e. The molecular formula is C17H17ClF3N3O2. The molecule has 1 aromatic heterocycles. The highest BCUT2D eigenvalue weighted by atomic mass is 35.5. The third kappa shape index (κ3) is 5.60. The van der Waals surface area contributed by atoms with Crippen LogP contribution in [0.1, 0.15) is 22.3 Å². The Morgan fingerprint density at radius 1 is 1.27 bits per heavy atom. The molecule has 2 rings (SSSR count). The van der Waals surface area contributed by atoms with Gasteiger partial charge in [-0.1, -0.05) is 11.6 Å². The number of pyridine rings is 1. The molecule has 0 unspecified atom stereocenters. The second kappa shape index (κ2) is 8.86. The number of anilines is 2. The Morgan fingerprint density at radius 2 is 2.04 bits per heavy atom. The Hall–Kier alpha value is -2.32. The standard InChI is InChI=1S/C17H17ClF3N3O2/c1-26-8-2-6-23-16(25)11-5-7-22-15(9-11)24-12-3-4-14(18)13(10-12)17(19,20)21/h3-5,7,9-10H,2,6,8H2,1H3,(H,22,24)(H,23,25).